The van der Waals surface area contributed by atoms with Crippen molar-refractivity contribution in [2.75, 3.05) is 13.1 Å². The van der Waals surface area contributed by atoms with Gasteiger partial charge in [-0.15, -0.1) is 0 Å². The predicted molar refractivity (Wildman–Crippen MR) is 89.0 cm³/mol. The van der Waals surface area contributed by atoms with E-state index in [4.69, 9.17) is 11.6 Å². The highest BCUT2D eigenvalue weighted by Gasteiger charge is 2.35. The number of hydrogen-bond acceptors (Lipinski definition) is 3. The Kier molecular flexibility index (Phi) is 5.35. The number of halogens is 4. The summed E-state index contributed by atoms with van der Waals surface area (Å²) in [6.45, 7) is 1.38. The van der Waals surface area contributed by atoms with Gasteiger partial charge < -0.3 is 0 Å². The number of rotatable bonds is 4. The van der Waals surface area contributed by atoms with E-state index in [-0.39, 0.29) is 11.1 Å². The molecule has 25 heavy (non-hydrogen) atoms. The zero-order valence-electron chi connectivity index (χ0n) is 13.5. The molecule has 1 atom stereocenters. The molecule has 1 aliphatic heterocycles. The topological polar surface area (TPSA) is 49.4 Å². The Morgan fingerprint density at radius 3 is 2.48 bits per heavy atom. The van der Waals surface area contributed by atoms with Crippen molar-refractivity contribution in [3.63, 3.8) is 0 Å². The smallest absolute Gasteiger partial charge is 0.299 e. The van der Waals surface area contributed by atoms with Crippen LogP contribution in [0.15, 0.2) is 23.1 Å². The minimum atomic E-state index is -4.62. The van der Waals surface area contributed by atoms with Crippen LogP contribution in [0.1, 0.15) is 37.7 Å². The van der Waals surface area contributed by atoms with E-state index in [2.05, 4.69) is 9.62 Å². The largest absolute Gasteiger partial charge is 0.416 e. The van der Waals surface area contributed by atoms with Crippen LogP contribution in [0.25, 0.3) is 0 Å². The third-order valence-electron chi connectivity index (χ3n) is 4.93. The van der Waals surface area contributed by atoms with Crippen LogP contribution < -0.4 is 4.72 Å². The highest BCUT2D eigenvalue weighted by atomic mass is 35.5. The molecule has 0 aromatic heterocycles. The van der Waals surface area contributed by atoms with Gasteiger partial charge in [0.25, 0.3) is 0 Å². The van der Waals surface area contributed by atoms with Crippen LogP contribution in [0.5, 0.6) is 0 Å². The highest BCUT2D eigenvalue weighted by molar-refractivity contribution is 7.89. The summed E-state index contributed by atoms with van der Waals surface area (Å²) >= 11 is 5.85. The molecule has 0 radical (unpaired) electrons. The molecule has 1 aromatic rings. The molecular weight excluding hydrogens is 377 g/mol. The minimum absolute atomic E-state index is 0.217. The normalized spacial score (nSPS) is 23.4. The van der Waals surface area contributed by atoms with Crippen LogP contribution in [-0.2, 0) is 16.2 Å². The second-order valence-corrected chi connectivity index (χ2v) is 8.77. The lowest BCUT2D eigenvalue weighted by Crippen LogP contribution is -2.39. The summed E-state index contributed by atoms with van der Waals surface area (Å²) in [5, 5.41) is -0.217. The Hall–Kier alpha value is -0.830. The lowest BCUT2D eigenvalue weighted by atomic mass is 10.2. The molecule has 2 aliphatic rings. The Labute approximate surface area is 150 Å². The Balaban J connectivity index is 1.74. The standard InChI is InChI=1S/C16H20ClF3N2O2S/c17-14-6-5-11(16(18,19)20)9-15(14)25(23,24)21-12-7-8-22(10-12)13-3-1-2-4-13/h5-6,9,12-13,21H,1-4,7-8,10H2. The van der Waals surface area contributed by atoms with Crippen LogP contribution >= 0.6 is 11.6 Å². The molecule has 1 heterocycles. The summed E-state index contributed by atoms with van der Waals surface area (Å²) in [7, 11) is -4.11. The van der Waals surface area contributed by atoms with Crippen LogP contribution in [0.2, 0.25) is 5.02 Å². The van der Waals surface area contributed by atoms with Gasteiger partial charge in [0.2, 0.25) is 10.0 Å². The van der Waals surface area contributed by atoms with Gasteiger partial charge in [-0.2, -0.15) is 13.2 Å². The lowest BCUT2D eigenvalue weighted by molar-refractivity contribution is -0.137. The summed E-state index contributed by atoms with van der Waals surface area (Å²) < 4.78 is 66.1. The minimum Gasteiger partial charge on any atom is -0.299 e. The average Bonchev–Trinajstić information content (AvgIpc) is 3.16. The van der Waals surface area contributed by atoms with E-state index in [1.54, 1.807) is 0 Å². The molecule has 1 unspecified atom stereocenters. The molecule has 1 N–H and O–H groups in total. The first-order chi connectivity index (χ1) is 11.7. The molecule has 0 bridgehead atoms. The molecule has 0 spiro atoms. The third kappa shape index (κ3) is 4.30. The molecule has 4 nitrogen and oxygen atoms in total. The zero-order chi connectivity index (χ0) is 18.2. The molecule has 0 amide bonds. The van der Waals surface area contributed by atoms with Crippen molar-refractivity contribution in [1.82, 2.24) is 9.62 Å². The van der Waals surface area contributed by atoms with Crippen molar-refractivity contribution < 1.29 is 21.6 Å². The molecule has 140 valence electrons. The van der Waals surface area contributed by atoms with Gasteiger partial charge in [0.15, 0.2) is 0 Å². The monoisotopic (exact) mass is 396 g/mol. The van der Waals surface area contributed by atoms with E-state index in [1.807, 2.05) is 0 Å². The Morgan fingerprint density at radius 2 is 1.84 bits per heavy atom. The van der Waals surface area contributed by atoms with Crippen molar-refractivity contribution in [3.8, 4) is 0 Å². The molecule has 3 rings (SSSR count). The SMILES string of the molecule is O=S(=O)(NC1CCN(C2CCCC2)C1)c1cc(C(F)(F)F)ccc1Cl. The number of alkyl halides is 3. The summed E-state index contributed by atoms with van der Waals surface area (Å²) in [6.07, 6.45) is 0.653. The highest BCUT2D eigenvalue weighted by Crippen LogP contribution is 2.34. The maximum absolute atomic E-state index is 12.9. The molecular formula is C16H20ClF3N2O2S. The number of nitrogens with zero attached hydrogens (tertiary/aromatic N) is 1. The number of sulfonamides is 1. The maximum Gasteiger partial charge on any atom is 0.416 e. The van der Waals surface area contributed by atoms with E-state index < -0.39 is 26.7 Å². The van der Waals surface area contributed by atoms with Crippen molar-refractivity contribution in [2.45, 2.75) is 55.3 Å². The van der Waals surface area contributed by atoms with Gasteiger partial charge in [0.05, 0.1) is 10.6 Å². The van der Waals surface area contributed by atoms with Crippen LogP contribution in [-0.4, -0.2) is 38.5 Å². The summed E-state index contributed by atoms with van der Waals surface area (Å²) in [4.78, 5) is 1.75. The van der Waals surface area contributed by atoms with Gasteiger partial charge >= 0.3 is 6.18 Å². The summed E-state index contributed by atoms with van der Waals surface area (Å²) in [6, 6.07) is 2.52. The number of hydrogen-bond donors (Lipinski definition) is 1. The Morgan fingerprint density at radius 1 is 1.16 bits per heavy atom. The first-order valence-corrected chi connectivity index (χ1v) is 10.2. The van der Waals surface area contributed by atoms with Crippen molar-refractivity contribution in [1.29, 1.82) is 0 Å². The van der Waals surface area contributed by atoms with Gasteiger partial charge in [-0.05, 0) is 37.5 Å². The van der Waals surface area contributed by atoms with Gasteiger partial charge in [-0.3, -0.25) is 4.90 Å². The fraction of sp³-hybridized carbons (Fsp3) is 0.625. The number of nitrogens with one attached hydrogen (secondary N) is 1. The summed E-state index contributed by atoms with van der Waals surface area (Å²) in [5.74, 6) is 0. The zero-order valence-corrected chi connectivity index (χ0v) is 15.1. The second-order valence-electron chi connectivity index (χ2n) is 6.68. The quantitative estimate of drug-likeness (QED) is 0.845. The fourth-order valence-electron chi connectivity index (χ4n) is 3.65. The van der Waals surface area contributed by atoms with E-state index in [1.165, 1.54) is 12.8 Å². The Bertz CT molecular complexity index is 733. The third-order valence-corrected chi connectivity index (χ3v) is 6.93. The van der Waals surface area contributed by atoms with Crippen molar-refractivity contribution in [3.05, 3.63) is 28.8 Å². The lowest BCUT2D eigenvalue weighted by Gasteiger charge is -2.23. The van der Waals surface area contributed by atoms with Crippen LogP contribution in [0, 0.1) is 0 Å². The maximum atomic E-state index is 12.9. The fourth-order valence-corrected chi connectivity index (χ4v) is 5.44. The molecule has 1 saturated heterocycles. The molecule has 2 fully saturated rings. The van der Waals surface area contributed by atoms with Gasteiger partial charge in [-0.25, -0.2) is 13.1 Å². The van der Waals surface area contributed by atoms with Gasteiger partial charge in [0, 0.05) is 25.2 Å². The average molecular weight is 397 g/mol. The van der Waals surface area contributed by atoms with Crippen LogP contribution in [0.3, 0.4) is 0 Å². The van der Waals surface area contributed by atoms with Gasteiger partial charge in [-0.1, -0.05) is 24.4 Å². The van der Waals surface area contributed by atoms with E-state index >= 15 is 0 Å². The van der Waals surface area contributed by atoms with Crippen molar-refractivity contribution in [2.24, 2.45) is 0 Å². The van der Waals surface area contributed by atoms with E-state index in [0.29, 0.717) is 25.1 Å². The second kappa shape index (κ2) is 7.06. The number of benzene rings is 1. The molecule has 9 heteroatoms. The number of likely N-dealkylation sites (tertiary alicyclic amines) is 1. The van der Waals surface area contributed by atoms with E-state index in [9.17, 15) is 21.6 Å². The predicted octanol–water partition coefficient (Wildman–Crippen LogP) is 3.65. The molecule has 1 aromatic carbocycles. The van der Waals surface area contributed by atoms with Gasteiger partial charge in [0.1, 0.15) is 4.90 Å². The first-order valence-electron chi connectivity index (χ1n) is 8.30. The van der Waals surface area contributed by atoms with Crippen molar-refractivity contribution >= 4 is 21.6 Å². The van der Waals surface area contributed by atoms with Crippen LogP contribution in [0.4, 0.5) is 13.2 Å². The molecule has 1 aliphatic carbocycles. The first kappa shape index (κ1) is 18.9. The summed E-state index contributed by atoms with van der Waals surface area (Å²) in [5.41, 5.74) is -1.03. The molecule has 1 saturated carbocycles. The van der Waals surface area contributed by atoms with E-state index in [0.717, 1.165) is 31.5 Å².